The van der Waals surface area contributed by atoms with Crippen molar-refractivity contribution < 1.29 is 19.7 Å². The van der Waals surface area contributed by atoms with Crippen molar-refractivity contribution >= 4 is 44.5 Å². The number of carboxylic acid groups (broad SMARTS) is 1. The lowest BCUT2D eigenvalue weighted by Gasteiger charge is -2.31. The second kappa shape index (κ2) is 8.76. The summed E-state index contributed by atoms with van der Waals surface area (Å²) in [4.78, 5) is 28.6. The predicted molar refractivity (Wildman–Crippen MR) is 112 cm³/mol. The molecule has 1 amide bonds. The molecule has 1 aliphatic heterocycles. The molecule has 158 valence electrons. The number of aromatic hydroxyl groups is 1. The van der Waals surface area contributed by atoms with E-state index in [2.05, 4.69) is 26.2 Å². The highest BCUT2D eigenvalue weighted by Gasteiger charge is 2.25. The maximum absolute atomic E-state index is 12.3. The fraction of sp³-hybridized carbons (Fsp3) is 0.500. The molecule has 1 aliphatic rings. The summed E-state index contributed by atoms with van der Waals surface area (Å²) in [6, 6.07) is 1.40. The first kappa shape index (κ1) is 21.7. The van der Waals surface area contributed by atoms with Crippen LogP contribution in [0.5, 0.6) is 11.6 Å². The number of halogens is 2. The lowest BCUT2D eigenvalue weighted by molar-refractivity contribution is 0.118. The molecule has 9 nitrogen and oxygen atoms in total. The van der Waals surface area contributed by atoms with E-state index in [1.54, 1.807) is 6.07 Å². The van der Waals surface area contributed by atoms with Gasteiger partial charge < -0.3 is 25.2 Å². The number of nitrogens with one attached hydrogen (secondary N) is 1. The number of amides is 1. The van der Waals surface area contributed by atoms with Gasteiger partial charge in [-0.2, -0.15) is 4.98 Å². The summed E-state index contributed by atoms with van der Waals surface area (Å²) in [6.07, 6.45) is -0.984. The Morgan fingerprint density at radius 1 is 1.52 bits per heavy atom. The van der Waals surface area contributed by atoms with Crippen molar-refractivity contribution in [3.05, 3.63) is 26.0 Å². The first-order chi connectivity index (χ1) is 13.7. The van der Waals surface area contributed by atoms with E-state index in [4.69, 9.17) is 16.3 Å². The van der Waals surface area contributed by atoms with Crippen molar-refractivity contribution in [3.63, 3.8) is 0 Å². The fourth-order valence-corrected chi connectivity index (χ4v) is 3.90. The summed E-state index contributed by atoms with van der Waals surface area (Å²) in [7, 11) is 0. The highest BCUT2D eigenvalue weighted by Crippen LogP contribution is 2.42. The zero-order chi connectivity index (χ0) is 21.3. The molecule has 0 bridgehead atoms. The summed E-state index contributed by atoms with van der Waals surface area (Å²) in [5.74, 6) is -0.0968. The van der Waals surface area contributed by atoms with E-state index in [1.165, 1.54) is 9.47 Å². The van der Waals surface area contributed by atoms with Crippen LogP contribution in [0, 0.1) is 5.92 Å². The molecule has 3 rings (SSSR count). The Kier molecular flexibility index (Phi) is 6.55. The minimum absolute atomic E-state index is 0.123. The zero-order valence-corrected chi connectivity index (χ0v) is 18.3. The zero-order valence-electron chi connectivity index (χ0n) is 16.0. The number of rotatable bonds is 5. The molecule has 2 aromatic rings. The number of hydrogen-bond donors (Lipinski definition) is 3. The van der Waals surface area contributed by atoms with Crippen molar-refractivity contribution in [1.82, 2.24) is 19.8 Å². The molecule has 1 atom stereocenters. The fourth-order valence-electron chi connectivity index (χ4n) is 3.30. The van der Waals surface area contributed by atoms with Crippen molar-refractivity contribution in [1.29, 1.82) is 0 Å². The van der Waals surface area contributed by atoms with E-state index < -0.39 is 17.7 Å². The molecular formula is C18H22BrClN4O5. The average molecular weight is 490 g/mol. The lowest BCUT2D eigenvalue weighted by Crippen LogP contribution is -2.54. The summed E-state index contributed by atoms with van der Waals surface area (Å²) in [5.41, 5.74) is -0.110. The highest BCUT2D eigenvalue weighted by atomic mass is 79.9. The van der Waals surface area contributed by atoms with Gasteiger partial charge in [-0.3, -0.25) is 4.57 Å². The predicted octanol–water partition coefficient (Wildman–Crippen LogP) is 2.50. The van der Waals surface area contributed by atoms with Gasteiger partial charge in [0.05, 0.1) is 16.6 Å². The van der Waals surface area contributed by atoms with E-state index in [0.717, 1.165) is 0 Å². The molecule has 29 heavy (non-hydrogen) atoms. The van der Waals surface area contributed by atoms with Crippen LogP contribution in [-0.4, -0.2) is 63.0 Å². The molecule has 11 heteroatoms. The molecule has 0 aliphatic carbocycles. The quantitative estimate of drug-likeness (QED) is 0.591. The second-order valence-corrected chi connectivity index (χ2v) is 8.54. The number of carbonyl (C=O) groups is 1. The van der Waals surface area contributed by atoms with Crippen LogP contribution in [0.4, 0.5) is 4.79 Å². The van der Waals surface area contributed by atoms with Gasteiger partial charge in [0, 0.05) is 30.7 Å². The Balaban J connectivity index is 2.00. The molecule has 0 saturated carbocycles. The Bertz CT molecular complexity index is 997. The van der Waals surface area contributed by atoms with Gasteiger partial charge in [-0.05, 0) is 27.9 Å². The van der Waals surface area contributed by atoms with Crippen molar-refractivity contribution in [3.8, 4) is 11.6 Å². The van der Waals surface area contributed by atoms with Crippen LogP contribution in [0.25, 0.3) is 10.9 Å². The Morgan fingerprint density at radius 2 is 2.24 bits per heavy atom. The van der Waals surface area contributed by atoms with Crippen LogP contribution in [0.15, 0.2) is 15.3 Å². The third kappa shape index (κ3) is 4.59. The van der Waals surface area contributed by atoms with E-state index >= 15 is 0 Å². The largest absolute Gasteiger partial charge is 0.493 e. The molecule has 0 unspecified atom stereocenters. The Labute approximate surface area is 180 Å². The monoisotopic (exact) mass is 488 g/mol. The molecular weight excluding hydrogens is 468 g/mol. The molecule has 1 fully saturated rings. The van der Waals surface area contributed by atoms with Gasteiger partial charge in [-0.1, -0.05) is 25.4 Å². The topological polar surface area (TPSA) is 117 Å². The standard InChI is InChI=1S/C18H22BrClN4O5/c1-9(2)6-24-12-5-11(19)14(20)15(13(12)16(25)22-17(24)26)29-8-10-7-23(18(27)28)4-3-21-10/h5,9-10,21H,3-4,6-8H2,1-2H3,(H,27,28)(H,22,25,26)/t10-/m0/s1. The number of aromatic nitrogens is 2. The average Bonchev–Trinajstić information content (AvgIpc) is 2.65. The lowest BCUT2D eigenvalue weighted by atomic mass is 10.1. The molecule has 1 saturated heterocycles. The van der Waals surface area contributed by atoms with E-state index in [1.807, 2.05) is 13.8 Å². The summed E-state index contributed by atoms with van der Waals surface area (Å²) in [5, 5.41) is 23.2. The van der Waals surface area contributed by atoms with Crippen LogP contribution in [0.2, 0.25) is 5.02 Å². The van der Waals surface area contributed by atoms with Gasteiger partial charge in [0.25, 0.3) is 0 Å². The van der Waals surface area contributed by atoms with Crippen molar-refractivity contribution in [2.45, 2.75) is 26.4 Å². The highest BCUT2D eigenvalue weighted by molar-refractivity contribution is 9.10. The summed E-state index contributed by atoms with van der Waals surface area (Å²) >= 11 is 9.80. The molecule has 1 aromatic carbocycles. The van der Waals surface area contributed by atoms with E-state index in [0.29, 0.717) is 29.6 Å². The van der Waals surface area contributed by atoms with Crippen LogP contribution in [0.3, 0.4) is 0 Å². The minimum atomic E-state index is -0.984. The number of ether oxygens (including phenoxy) is 1. The number of benzene rings is 1. The van der Waals surface area contributed by atoms with Gasteiger partial charge in [0.1, 0.15) is 12.0 Å². The number of piperazine rings is 1. The second-order valence-electron chi connectivity index (χ2n) is 7.31. The first-order valence-electron chi connectivity index (χ1n) is 9.14. The SMILES string of the molecule is CC(C)Cn1c(=O)nc(O)c2c(OC[C@@H]3CN(C(=O)O)CCN3)c(Cl)c(Br)cc21. The molecule has 3 N–H and O–H groups in total. The minimum Gasteiger partial charge on any atom is -0.493 e. The van der Waals surface area contributed by atoms with Crippen molar-refractivity contribution in [2.24, 2.45) is 5.92 Å². The smallest absolute Gasteiger partial charge is 0.407 e. The molecule has 0 spiro atoms. The molecule has 2 heterocycles. The van der Waals surface area contributed by atoms with Crippen LogP contribution in [-0.2, 0) is 6.54 Å². The third-order valence-corrected chi connectivity index (χ3v) is 5.83. The van der Waals surface area contributed by atoms with Gasteiger partial charge in [0.2, 0.25) is 5.88 Å². The normalized spacial score (nSPS) is 17.1. The van der Waals surface area contributed by atoms with Crippen LogP contribution >= 0.6 is 27.5 Å². The maximum Gasteiger partial charge on any atom is 0.407 e. The van der Waals surface area contributed by atoms with Gasteiger partial charge in [0.15, 0.2) is 5.75 Å². The molecule has 0 radical (unpaired) electrons. The summed E-state index contributed by atoms with van der Waals surface area (Å²) < 4.78 is 7.90. The van der Waals surface area contributed by atoms with Gasteiger partial charge in [-0.15, -0.1) is 0 Å². The molecule has 1 aromatic heterocycles. The summed E-state index contributed by atoms with van der Waals surface area (Å²) in [6.45, 7) is 5.65. The van der Waals surface area contributed by atoms with Gasteiger partial charge in [-0.25, -0.2) is 9.59 Å². The Hall–Kier alpha value is -2.04. The maximum atomic E-state index is 12.3. The van der Waals surface area contributed by atoms with Gasteiger partial charge >= 0.3 is 11.8 Å². The van der Waals surface area contributed by atoms with Crippen LogP contribution < -0.4 is 15.7 Å². The third-order valence-electron chi connectivity index (χ3n) is 4.61. The Morgan fingerprint density at radius 3 is 2.90 bits per heavy atom. The van der Waals surface area contributed by atoms with Crippen molar-refractivity contribution in [2.75, 3.05) is 26.2 Å². The first-order valence-corrected chi connectivity index (χ1v) is 10.3. The van der Waals surface area contributed by atoms with E-state index in [-0.39, 0.29) is 41.3 Å². The number of hydrogen-bond acceptors (Lipinski definition) is 6. The number of nitrogens with zero attached hydrogens (tertiary/aromatic N) is 3. The number of fused-ring (bicyclic) bond motifs is 1. The van der Waals surface area contributed by atoms with Crippen LogP contribution in [0.1, 0.15) is 13.8 Å². The van der Waals surface area contributed by atoms with E-state index in [9.17, 15) is 19.8 Å².